The first-order valence-electron chi connectivity index (χ1n) is 9.26. The zero-order valence-corrected chi connectivity index (χ0v) is 17.2. The van der Waals surface area contributed by atoms with E-state index in [2.05, 4.69) is 10.6 Å². The Morgan fingerprint density at radius 1 is 1.07 bits per heavy atom. The maximum Gasteiger partial charge on any atom is 0.408 e. The number of hydrogen-bond acceptors (Lipinski definition) is 6. The fourth-order valence-corrected chi connectivity index (χ4v) is 2.20. The number of esters is 1. The predicted octanol–water partition coefficient (Wildman–Crippen LogP) is 1.39. The molecule has 0 saturated carbocycles. The van der Waals surface area contributed by atoms with Gasteiger partial charge >= 0.3 is 12.1 Å². The average molecular weight is 407 g/mol. The molecule has 1 aromatic carbocycles. The standard InChI is InChI=1S/C20H29N3O6/c1-13(22-19(27)29-20(2,3)4)18(26)23-15(17(21)25)10-11-16(24)28-12-14-8-6-5-7-9-14/h5-9,13,15H,10-12H2,1-4H3,(H2,21,25)(H,22,27)(H,23,26)/t13-,15+/m1/s1. The van der Waals surface area contributed by atoms with Crippen LogP contribution in [0.15, 0.2) is 30.3 Å². The van der Waals surface area contributed by atoms with Gasteiger partial charge in [0.15, 0.2) is 0 Å². The number of primary amides is 1. The molecule has 0 aromatic heterocycles. The van der Waals surface area contributed by atoms with E-state index in [0.29, 0.717) is 0 Å². The van der Waals surface area contributed by atoms with Crippen molar-refractivity contribution in [3.8, 4) is 0 Å². The van der Waals surface area contributed by atoms with Crippen molar-refractivity contribution in [3.05, 3.63) is 35.9 Å². The molecule has 1 rings (SSSR count). The lowest BCUT2D eigenvalue weighted by Crippen LogP contribution is -2.52. The van der Waals surface area contributed by atoms with E-state index in [9.17, 15) is 19.2 Å². The molecule has 2 atom stereocenters. The topological polar surface area (TPSA) is 137 Å². The second kappa shape index (κ2) is 11.0. The van der Waals surface area contributed by atoms with Crippen molar-refractivity contribution in [1.82, 2.24) is 10.6 Å². The molecule has 0 radical (unpaired) electrons. The Balaban J connectivity index is 2.47. The third kappa shape index (κ3) is 10.1. The molecule has 160 valence electrons. The molecule has 0 aliphatic heterocycles. The van der Waals surface area contributed by atoms with E-state index < -0.39 is 41.6 Å². The molecule has 29 heavy (non-hydrogen) atoms. The van der Waals surface area contributed by atoms with Gasteiger partial charge < -0.3 is 25.8 Å². The number of nitrogens with one attached hydrogen (secondary N) is 2. The zero-order valence-electron chi connectivity index (χ0n) is 17.2. The molecule has 0 aliphatic carbocycles. The van der Waals surface area contributed by atoms with Gasteiger partial charge in [-0.2, -0.15) is 0 Å². The molecule has 0 aliphatic rings. The summed E-state index contributed by atoms with van der Waals surface area (Å²) in [6.07, 6.45) is -0.886. The Morgan fingerprint density at radius 3 is 2.24 bits per heavy atom. The Hall–Kier alpha value is -3.10. The maximum absolute atomic E-state index is 12.2. The summed E-state index contributed by atoms with van der Waals surface area (Å²) >= 11 is 0. The van der Waals surface area contributed by atoms with Crippen molar-refractivity contribution in [2.45, 2.75) is 64.8 Å². The quantitative estimate of drug-likeness (QED) is 0.529. The summed E-state index contributed by atoms with van der Waals surface area (Å²) in [4.78, 5) is 47.4. The van der Waals surface area contributed by atoms with Crippen LogP contribution < -0.4 is 16.4 Å². The summed E-state index contributed by atoms with van der Waals surface area (Å²) in [5.41, 5.74) is 5.43. The van der Waals surface area contributed by atoms with Crippen molar-refractivity contribution < 1.29 is 28.7 Å². The molecule has 0 spiro atoms. The minimum absolute atomic E-state index is 0.0200. The highest BCUT2D eigenvalue weighted by molar-refractivity contribution is 5.90. The van der Waals surface area contributed by atoms with Crippen molar-refractivity contribution >= 4 is 23.9 Å². The number of carbonyl (C=O) groups excluding carboxylic acids is 4. The molecule has 9 heteroatoms. The van der Waals surface area contributed by atoms with Gasteiger partial charge in [-0.15, -0.1) is 0 Å². The zero-order chi connectivity index (χ0) is 22.0. The van der Waals surface area contributed by atoms with Gasteiger partial charge in [0.1, 0.15) is 24.3 Å². The molecule has 0 saturated heterocycles. The second-order valence-electron chi connectivity index (χ2n) is 7.52. The van der Waals surface area contributed by atoms with Gasteiger partial charge in [0, 0.05) is 6.42 Å². The van der Waals surface area contributed by atoms with E-state index in [1.807, 2.05) is 30.3 Å². The van der Waals surface area contributed by atoms with Crippen molar-refractivity contribution in [1.29, 1.82) is 0 Å². The van der Waals surface area contributed by atoms with Crippen LogP contribution in [-0.4, -0.2) is 41.6 Å². The Bertz CT molecular complexity index is 715. The highest BCUT2D eigenvalue weighted by Crippen LogP contribution is 2.07. The van der Waals surface area contributed by atoms with Gasteiger partial charge in [-0.25, -0.2) is 4.79 Å². The van der Waals surface area contributed by atoms with E-state index >= 15 is 0 Å². The molecule has 0 bridgehead atoms. The van der Waals surface area contributed by atoms with Gasteiger partial charge in [0.05, 0.1) is 0 Å². The number of hydrogen-bond donors (Lipinski definition) is 3. The Kier molecular flexibility index (Phi) is 9.11. The van der Waals surface area contributed by atoms with Crippen molar-refractivity contribution in [2.75, 3.05) is 0 Å². The van der Waals surface area contributed by atoms with Crippen LogP contribution in [0.4, 0.5) is 4.79 Å². The van der Waals surface area contributed by atoms with Gasteiger partial charge in [-0.3, -0.25) is 14.4 Å². The number of alkyl carbamates (subject to hydrolysis) is 1. The van der Waals surface area contributed by atoms with Crippen LogP contribution in [0.2, 0.25) is 0 Å². The van der Waals surface area contributed by atoms with Crippen LogP contribution in [0.1, 0.15) is 46.1 Å². The lowest BCUT2D eigenvalue weighted by atomic mass is 10.1. The smallest absolute Gasteiger partial charge is 0.408 e. The molecule has 0 heterocycles. The molecular formula is C20H29N3O6. The first-order chi connectivity index (χ1) is 13.5. The predicted molar refractivity (Wildman–Crippen MR) is 105 cm³/mol. The molecule has 9 nitrogen and oxygen atoms in total. The molecular weight excluding hydrogens is 378 g/mol. The van der Waals surface area contributed by atoms with Crippen LogP contribution in [0.3, 0.4) is 0 Å². The fraction of sp³-hybridized carbons (Fsp3) is 0.500. The molecule has 3 amide bonds. The van der Waals surface area contributed by atoms with E-state index in [-0.39, 0.29) is 19.4 Å². The molecule has 0 fully saturated rings. The highest BCUT2D eigenvalue weighted by atomic mass is 16.6. The largest absolute Gasteiger partial charge is 0.461 e. The number of carbonyl (C=O) groups is 4. The van der Waals surface area contributed by atoms with Crippen LogP contribution in [0.5, 0.6) is 0 Å². The minimum atomic E-state index is -1.07. The van der Waals surface area contributed by atoms with Crippen LogP contribution in [0, 0.1) is 0 Å². The summed E-state index contributed by atoms with van der Waals surface area (Å²) in [5, 5.41) is 4.79. The summed E-state index contributed by atoms with van der Waals surface area (Å²) in [5.74, 6) is -1.94. The monoisotopic (exact) mass is 407 g/mol. The number of amides is 3. The molecule has 1 aromatic rings. The second-order valence-corrected chi connectivity index (χ2v) is 7.52. The van der Waals surface area contributed by atoms with Gasteiger partial charge in [-0.05, 0) is 39.7 Å². The number of rotatable bonds is 9. The van der Waals surface area contributed by atoms with Crippen LogP contribution >= 0.6 is 0 Å². The summed E-state index contributed by atoms with van der Waals surface area (Å²) in [6, 6.07) is 7.11. The summed E-state index contributed by atoms with van der Waals surface area (Å²) < 4.78 is 10.2. The highest BCUT2D eigenvalue weighted by Gasteiger charge is 2.25. The first-order valence-corrected chi connectivity index (χ1v) is 9.26. The lowest BCUT2D eigenvalue weighted by Gasteiger charge is -2.22. The number of benzene rings is 1. The van der Waals surface area contributed by atoms with Gasteiger partial charge in [0.2, 0.25) is 11.8 Å². The van der Waals surface area contributed by atoms with Crippen LogP contribution in [-0.2, 0) is 30.5 Å². The summed E-state index contributed by atoms with van der Waals surface area (Å²) in [6.45, 7) is 6.63. The average Bonchev–Trinajstić information content (AvgIpc) is 2.62. The first kappa shape index (κ1) is 23.9. The van der Waals surface area contributed by atoms with E-state index in [4.69, 9.17) is 15.2 Å². The number of nitrogens with two attached hydrogens (primary N) is 1. The minimum Gasteiger partial charge on any atom is -0.461 e. The lowest BCUT2D eigenvalue weighted by molar-refractivity contribution is -0.145. The SMILES string of the molecule is C[C@@H](NC(=O)OC(C)(C)C)C(=O)N[C@@H](CCC(=O)OCc1ccccc1)C(N)=O. The Morgan fingerprint density at radius 2 is 1.69 bits per heavy atom. The fourth-order valence-electron chi connectivity index (χ4n) is 2.20. The molecule has 0 unspecified atom stereocenters. The Labute approximate surface area is 170 Å². The van der Waals surface area contributed by atoms with Gasteiger partial charge in [0.25, 0.3) is 0 Å². The molecule has 4 N–H and O–H groups in total. The van der Waals surface area contributed by atoms with Crippen LogP contribution in [0.25, 0.3) is 0 Å². The van der Waals surface area contributed by atoms with E-state index in [1.54, 1.807) is 20.8 Å². The number of ether oxygens (including phenoxy) is 2. The van der Waals surface area contributed by atoms with E-state index in [0.717, 1.165) is 5.56 Å². The van der Waals surface area contributed by atoms with Crippen molar-refractivity contribution in [2.24, 2.45) is 5.73 Å². The maximum atomic E-state index is 12.2. The third-order valence-electron chi connectivity index (χ3n) is 3.67. The van der Waals surface area contributed by atoms with Crippen molar-refractivity contribution in [3.63, 3.8) is 0 Å². The summed E-state index contributed by atoms with van der Waals surface area (Å²) in [7, 11) is 0. The van der Waals surface area contributed by atoms with E-state index in [1.165, 1.54) is 6.92 Å². The third-order valence-corrected chi connectivity index (χ3v) is 3.67. The normalized spacial score (nSPS) is 13.0. The van der Waals surface area contributed by atoms with Gasteiger partial charge in [-0.1, -0.05) is 30.3 Å².